The molecular weight excluding hydrogens is 248 g/mol. The summed E-state index contributed by atoms with van der Waals surface area (Å²) in [6.07, 6.45) is 1.67. The van der Waals surface area contributed by atoms with Crippen molar-refractivity contribution in [3.8, 4) is 0 Å². The number of nitrogens with zero attached hydrogens (tertiary/aromatic N) is 2. The summed E-state index contributed by atoms with van der Waals surface area (Å²) in [5.41, 5.74) is 7.56. The largest absolute Gasteiger partial charge is 0.396 e. The third kappa shape index (κ3) is 2.53. The molecule has 0 bridgehead atoms. The first kappa shape index (κ1) is 12.6. The van der Waals surface area contributed by atoms with Crippen molar-refractivity contribution >= 4 is 22.9 Å². The number of amides is 1. The van der Waals surface area contributed by atoms with Crippen molar-refractivity contribution in [1.29, 1.82) is 0 Å². The van der Waals surface area contributed by atoms with Crippen molar-refractivity contribution in [2.24, 2.45) is 0 Å². The van der Waals surface area contributed by atoms with Gasteiger partial charge in [0.05, 0.1) is 11.7 Å². The molecule has 6 heteroatoms. The first-order valence-corrected chi connectivity index (χ1v) is 6.72. The van der Waals surface area contributed by atoms with Gasteiger partial charge in [0.1, 0.15) is 0 Å². The lowest BCUT2D eigenvalue weighted by Gasteiger charge is -2.11. The fraction of sp³-hybridized carbons (Fsp3) is 0.333. The molecule has 1 atom stereocenters. The van der Waals surface area contributed by atoms with Gasteiger partial charge in [-0.15, -0.1) is 0 Å². The highest BCUT2D eigenvalue weighted by Gasteiger charge is 2.17. The molecule has 0 fully saturated rings. The zero-order valence-corrected chi connectivity index (χ0v) is 11.2. The van der Waals surface area contributed by atoms with E-state index in [0.29, 0.717) is 17.9 Å². The quantitative estimate of drug-likeness (QED) is 0.887. The van der Waals surface area contributed by atoms with Crippen molar-refractivity contribution in [1.82, 2.24) is 15.1 Å². The van der Waals surface area contributed by atoms with Crippen LogP contribution in [0.4, 0.5) is 5.69 Å². The van der Waals surface area contributed by atoms with Gasteiger partial charge in [0.15, 0.2) is 5.69 Å². The standard InChI is InChI=1S/C12H16N4OS/c1-3-16-6-10(13)11(15-16)12(17)14-8(2)9-4-5-18-7-9/h4-8H,3,13H2,1-2H3,(H,14,17). The summed E-state index contributed by atoms with van der Waals surface area (Å²) < 4.78 is 1.65. The molecule has 0 spiro atoms. The fourth-order valence-electron chi connectivity index (χ4n) is 1.64. The number of aromatic nitrogens is 2. The minimum absolute atomic E-state index is 0.0464. The Balaban J connectivity index is 2.09. The molecule has 0 aliphatic carbocycles. The van der Waals surface area contributed by atoms with E-state index >= 15 is 0 Å². The molecule has 0 aliphatic rings. The Labute approximate surface area is 110 Å². The molecule has 3 N–H and O–H groups in total. The number of nitrogens with one attached hydrogen (secondary N) is 1. The molecule has 1 unspecified atom stereocenters. The monoisotopic (exact) mass is 264 g/mol. The highest BCUT2D eigenvalue weighted by molar-refractivity contribution is 7.07. The lowest BCUT2D eigenvalue weighted by atomic mass is 10.2. The molecule has 0 aliphatic heterocycles. The third-order valence-corrected chi connectivity index (χ3v) is 3.42. The van der Waals surface area contributed by atoms with Crippen LogP contribution in [0.25, 0.3) is 0 Å². The number of aryl methyl sites for hydroxylation is 1. The molecule has 0 saturated heterocycles. The van der Waals surface area contributed by atoms with Crippen LogP contribution in [0.1, 0.15) is 35.9 Å². The van der Waals surface area contributed by atoms with Crippen molar-refractivity contribution in [3.05, 3.63) is 34.3 Å². The number of carbonyl (C=O) groups is 1. The van der Waals surface area contributed by atoms with Gasteiger partial charge in [-0.25, -0.2) is 0 Å². The predicted molar refractivity (Wildman–Crippen MR) is 72.5 cm³/mol. The van der Waals surface area contributed by atoms with Gasteiger partial charge >= 0.3 is 0 Å². The van der Waals surface area contributed by atoms with Gasteiger partial charge in [-0.05, 0) is 36.2 Å². The lowest BCUT2D eigenvalue weighted by molar-refractivity contribution is 0.0935. The topological polar surface area (TPSA) is 72.9 Å². The second kappa shape index (κ2) is 5.22. The van der Waals surface area contributed by atoms with Crippen molar-refractivity contribution in [2.75, 3.05) is 5.73 Å². The number of nitrogens with two attached hydrogens (primary N) is 1. The second-order valence-electron chi connectivity index (χ2n) is 4.04. The van der Waals surface area contributed by atoms with Gasteiger partial charge in [-0.1, -0.05) is 0 Å². The van der Waals surface area contributed by atoms with E-state index in [2.05, 4.69) is 10.4 Å². The molecular formula is C12H16N4OS. The average molecular weight is 264 g/mol. The van der Waals surface area contributed by atoms with Gasteiger partial charge < -0.3 is 11.1 Å². The third-order valence-electron chi connectivity index (χ3n) is 2.72. The van der Waals surface area contributed by atoms with Gasteiger partial charge in [-0.2, -0.15) is 16.4 Å². The van der Waals surface area contributed by atoms with E-state index in [0.717, 1.165) is 5.56 Å². The van der Waals surface area contributed by atoms with Crippen LogP contribution in [0.5, 0.6) is 0 Å². The molecule has 2 heterocycles. The maximum atomic E-state index is 12.0. The van der Waals surface area contributed by atoms with Crippen LogP contribution >= 0.6 is 11.3 Å². The van der Waals surface area contributed by atoms with E-state index < -0.39 is 0 Å². The minimum Gasteiger partial charge on any atom is -0.396 e. The van der Waals surface area contributed by atoms with E-state index in [4.69, 9.17) is 5.73 Å². The summed E-state index contributed by atoms with van der Waals surface area (Å²) in [6.45, 7) is 4.58. The van der Waals surface area contributed by atoms with Crippen LogP contribution in [-0.2, 0) is 6.54 Å². The van der Waals surface area contributed by atoms with Crippen molar-refractivity contribution < 1.29 is 4.79 Å². The maximum Gasteiger partial charge on any atom is 0.274 e. The number of nitrogen functional groups attached to an aromatic ring is 1. The summed E-state index contributed by atoms with van der Waals surface area (Å²) in [5, 5.41) is 11.0. The highest BCUT2D eigenvalue weighted by Crippen LogP contribution is 2.17. The van der Waals surface area contributed by atoms with Crippen LogP contribution in [0, 0.1) is 0 Å². The van der Waals surface area contributed by atoms with E-state index in [1.54, 1.807) is 22.2 Å². The second-order valence-corrected chi connectivity index (χ2v) is 4.82. The minimum atomic E-state index is -0.238. The number of rotatable bonds is 4. The fourth-order valence-corrected chi connectivity index (χ4v) is 2.40. The Morgan fingerprint density at radius 1 is 1.67 bits per heavy atom. The Morgan fingerprint density at radius 2 is 2.44 bits per heavy atom. The first-order valence-electron chi connectivity index (χ1n) is 5.77. The van der Waals surface area contributed by atoms with Crippen molar-refractivity contribution in [2.45, 2.75) is 26.4 Å². The Hall–Kier alpha value is -1.82. The van der Waals surface area contributed by atoms with Gasteiger partial charge in [0, 0.05) is 12.7 Å². The molecule has 0 aromatic carbocycles. The molecule has 1 amide bonds. The number of hydrogen-bond donors (Lipinski definition) is 2. The van der Waals surface area contributed by atoms with Gasteiger partial charge in [-0.3, -0.25) is 9.48 Å². The zero-order chi connectivity index (χ0) is 13.1. The van der Waals surface area contributed by atoms with Crippen LogP contribution in [0.2, 0.25) is 0 Å². The zero-order valence-electron chi connectivity index (χ0n) is 10.4. The highest BCUT2D eigenvalue weighted by atomic mass is 32.1. The lowest BCUT2D eigenvalue weighted by Crippen LogP contribution is -2.27. The molecule has 18 heavy (non-hydrogen) atoms. The first-order chi connectivity index (χ1) is 8.61. The van der Waals surface area contributed by atoms with Crippen LogP contribution in [-0.4, -0.2) is 15.7 Å². The molecule has 2 rings (SSSR count). The normalized spacial score (nSPS) is 12.3. The maximum absolute atomic E-state index is 12.0. The molecule has 96 valence electrons. The Kier molecular flexibility index (Phi) is 3.66. The average Bonchev–Trinajstić information content (AvgIpc) is 2.97. The summed E-state index contributed by atoms with van der Waals surface area (Å²) in [6, 6.07) is 1.94. The predicted octanol–water partition coefficient (Wildman–Crippen LogP) is 2.04. The number of carbonyl (C=O) groups excluding carboxylic acids is 1. The summed E-state index contributed by atoms with van der Waals surface area (Å²) in [5.74, 6) is -0.238. The molecule has 0 radical (unpaired) electrons. The number of thiophene rings is 1. The van der Waals surface area contributed by atoms with Gasteiger partial charge in [0.25, 0.3) is 5.91 Å². The van der Waals surface area contributed by atoms with E-state index in [1.807, 2.05) is 30.7 Å². The van der Waals surface area contributed by atoms with E-state index in [-0.39, 0.29) is 11.9 Å². The number of anilines is 1. The van der Waals surface area contributed by atoms with Gasteiger partial charge in [0.2, 0.25) is 0 Å². The van der Waals surface area contributed by atoms with Crippen LogP contribution < -0.4 is 11.1 Å². The van der Waals surface area contributed by atoms with Crippen LogP contribution in [0.3, 0.4) is 0 Å². The Bertz CT molecular complexity index is 532. The van der Waals surface area contributed by atoms with E-state index in [1.165, 1.54) is 0 Å². The molecule has 5 nitrogen and oxygen atoms in total. The SMILES string of the molecule is CCn1cc(N)c(C(=O)NC(C)c2ccsc2)n1. The summed E-state index contributed by atoms with van der Waals surface area (Å²) >= 11 is 1.61. The van der Waals surface area contributed by atoms with Crippen LogP contribution in [0.15, 0.2) is 23.0 Å². The van der Waals surface area contributed by atoms with Crippen molar-refractivity contribution in [3.63, 3.8) is 0 Å². The molecule has 2 aromatic heterocycles. The Morgan fingerprint density at radius 3 is 3.00 bits per heavy atom. The summed E-state index contributed by atoms with van der Waals surface area (Å²) in [7, 11) is 0. The number of hydrogen-bond acceptors (Lipinski definition) is 4. The summed E-state index contributed by atoms with van der Waals surface area (Å²) in [4.78, 5) is 12.0. The molecule has 2 aromatic rings. The molecule has 0 saturated carbocycles. The smallest absolute Gasteiger partial charge is 0.274 e. The van der Waals surface area contributed by atoms with E-state index in [9.17, 15) is 4.79 Å².